The Hall–Kier alpha value is -1.58. The highest BCUT2D eigenvalue weighted by molar-refractivity contribution is 5.92. The van der Waals surface area contributed by atoms with Gasteiger partial charge in [0.1, 0.15) is 5.69 Å². The van der Waals surface area contributed by atoms with E-state index >= 15 is 0 Å². The zero-order valence-corrected chi connectivity index (χ0v) is 12.1. The first-order valence-electron chi connectivity index (χ1n) is 7.07. The van der Waals surface area contributed by atoms with Gasteiger partial charge in [-0.25, -0.2) is 4.98 Å². The standard InChI is InChI=1S/C15H23N3O/c1-4-15(5-2)8-9-18(11-15)14(19)13-7-6-12(16-3)10-17-13/h6-7,10,16H,4-5,8-9,11H2,1-3H3. The van der Waals surface area contributed by atoms with E-state index in [9.17, 15) is 4.79 Å². The Balaban J connectivity index is 2.08. The predicted octanol–water partition coefficient (Wildman–Crippen LogP) is 2.78. The highest BCUT2D eigenvalue weighted by Gasteiger charge is 2.37. The van der Waals surface area contributed by atoms with Gasteiger partial charge in [0, 0.05) is 20.1 Å². The molecule has 1 amide bonds. The number of amides is 1. The fraction of sp³-hybridized carbons (Fsp3) is 0.600. The van der Waals surface area contributed by atoms with Crippen LogP contribution >= 0.6 is 0 Å². The normalized spacial score (nSPS) is 17.5. The van der Waals surface area contributed by atoms with E-state index in [0.29, 0.717) is 11.1 Å². The van der Waals surface area contributed by atoms with E-state index in [4.69, 9.17) is 0 Å². The van der Waals surface area contributed by atoms with Crippen molar-refractivity contribution in [1.29, 1.82) is 0 Å². The summed E-state index contributed by atoms with van der Waals surface area (Å²) in [6.07, 6.45) is 5.09. The van der Waals surface area contributed by atoms with Gasteiger partial charge in [-0.2, -0.15) is 0 Å². The Kier molecular flexibility index (Phi) is 4.08. The number of nitrogens with zero attached hydrogens (tertiary/aromatic N) is 2. The number of carbonyl (C=O) groups excluding carboxylic acids is 1. The summed E-state index contributed by atoms with van der Waals surface area (Å²) in [7, 11) is 1.84. The second-order valence-electron chi connectivity index (χ2n) is 5.37. The van der Waals surface area contributed by atoms with E-state index in [1.165, 1.54) is 0 Å². The topological polar surface area (TPSA) is 45.2 Å². The Morgan fingerprint density at radius 3 is 2.63 bits per heavy atom. The first kappa shape index (κ1) is 13.8. The molecule has 0 aromatic carbocycles. The molecule has 0 bridgehead atoms. The van der Waals surface area contributed by atoms with Gasteiger partial charge >= 0.3 is 0 Å². The first-order valence-corrected chi connectivity index (χ1v) is 7.07. The second-order valence-corrected chi connectivity index (χ2v) is 5.37. The third kappa shape index (κ3) is 2.72. The van der Waals surface area contributed by atoms with Crippen LogP contribution in [0.5, 0.6) is 0 Å². The lowest BCUT2D eigenvalue weighted by Crippen LogP contribution is -2.32. The van der Waals surface area contributed by atoms with Gasteiger partial charge in [-0.1, -0.05) is 13.8 Å². The van der Waals surface area contributed by atoms with E-state index in [0.717, 1.165) is 38.0 Å². The van der Waals surface area contributed by atoms with Crippen molar-refractivity contribution >= 4 is 11.6 Å². The summed E-state index contributed by atoms with van der Waals surface area (Å²) in [4.78, 5) is 18.6. The van der Waals surface area contributed by atoms with E-state index in [2.05, 4.69) is 24.1 Å². The highest BCUT2D eigenvalue weighted by Crippen LogP contribution is 2.37. The van der Waals surface area contributed by atoms with Crippen LogP contribution in [0.2, 0.25) is 0 Å². The Bertz CT molecular complexity index is 437. The second kappa shape index (κ2) is 5.59. The summed E-state index contributed by atoms with van der Waals surface area (Å²) in [6, 6.07) is 3.69. The van der Waals surface area contributed by atoms with Gasteiger partial charge in [0.2, 0.25) is 0 Å². The van der Waals surface area contributed by atoms with Gasteiger partial charge < -0.3 is 10.2 Å². The summed E-state index contributed by atoms with van der Waals surface area (Å²) in [5.74, 6) is 0.0615. The number of carbonyl (C=O) groups is 1. The minimum atomic E-state index is 0.0615. The van der Waals surface area contributed by atoms with Gasteiger partial charge in [-0.3, -0.25) is 4.79 Å². The van der Waals surface area contributed by atoms with Crippen molar-refractivity contribution in [1.82, 2.24) is 9.88 Å². The molecular formula is C15H23N3O. The number of likely N-dealkylation sites (tertiary alicyclic amines) is 1. The van der Waals surface area contributed by atoms with Crippen molar-refractivity contribution in [2.24, 2.45) is 5.41 Å². The molecule has 1 aromatic heterocycles. The fourth-order valence-electron chi connectivity index (χ4n) is 2.77. The lowest BCUT2D eigenvalue weighted by molar-refractivity contribution is 0.0764. The third-order valence-corrected chi connectivity index (χ3v) is 4.50. The number of aromatic nitrogens is 1. The van der Waals surface area contributed by atoms with E-state index in [-0.39, 0.29) is 5.91 Å². The van der Waals surface area contributed by atoms with Gasteiger partial charge in [0.05, 0.1) is 11.9 Å². The number of hydrogen-bond acceptors (Lipinski definition) is 3. The van der Waals surface area contributed by atoms with Crippen molar-refractivity contribution < 1.29 is 4.79 Å². The van der Waals surface area contributed by atoms with Crippen LogP contribution in [-0.2, 0) is 0 Å². The Labute approximate surface area is 115 Å². The maximum Gasteiger partial charge on any atom is 0.272 e. The molecule has 2 heterocycles. The van der Waals surface area contributed by atoms with Crippen molar-refractivity contribution in [3.63, 3.8) is 0 Å². The molecule has 1 saturated heterocycles. The maximum absolute atomic E-state index is 12.4. The number of rotatable bonds is 4. The van der Waals surface area contributed by atoms with Crippen LogP contribution in [0.3, 0.4) is 0 Å². The SMILES string of the molecule is CCC1(CC)CCN(C(=O)c2ccc(NC)cn2)C1. The van der Waals surface area contributed by atoms with Crippen molar-refractivity contribution in [3.8, 4) is 0 Å². The van der Waals surface area contributed by atoms with Crippen LogP contribution in [-0.4, -0.2) is 35.9 Å². The van der Waals surface area contributed by atoms with Crippen LogP contribution < -0.4 is 5.32 Å². The molecule has 1 aliphatic heterocycles. The lowest BCUT2D eigenvalue weighted by Gasteiger charge is -2.26. The van der Waals surface area contributed by atoms with Gasteiger partial charge in [-0.05, 0) is 36.8 Å². The number of pyridine rings is 1. The van der Waals surface area contributed by atoms with Crippen molar-refractivity contribution in [2.45, 2.75) is 33.1 Å². The summed E-state index contributed by atoms with van der Waals surface area (Å²) in [5.41, 5.74) is 1.79. The number of anilines is 1. The summed E-state index contributed by atoms with van der Waals surface area (Å²) < 4.78 is 0. The molecule has 1 N–H and O–H groups in total. The quantitative estimate of drug-likeness (QED) is 0.906. The molecule has 0 atom stereocenters. The highest BCUT2D eigenvalue weighted by atomic mass is 16.2. The van der Waals surface area contributed by atoms with Crippen LogP contribution in [0.15, 0.2) is 18.3 Å². The van der Waals surface area contributed by atoms with Crippen LogP contribution in [0.4, 0.5) is 5.69 Å². The monoisotopic (exact) mass is 261 g/mol. The zero-order chi connectivity index (χ0) is 13.9. The zero-order valence-electron chi connectivity index (χ0n) is 12.1. The molecule has 19 heavy (non-hydrogen) atoms. The molecule has 2 rings (SSSR count). The largest absolute Gasteiger partial charge is 0.387 e. The average Bonchev–Trinajstić information content (AvgIpc) is 2.92. The maximum atomic E-state index is 12.4. The number of nitrogens with one attached hydrogen (secondary N) is 1. The number of hydrogen-bond donors (Lipinski definition) is 1. The molecule has 0 aliphatic carbocycles. The molecule has 0 saturated carbocycles. The van der Waals surface area contributed by atoms with Crippen molar-refractivity contribution in [3.05, 3.63) is 24.0 Å². The smallest absolute Gasteiger partial charge is 0.272 e. The minimum absolute atomic E-state index is 0.0615. The van der Waals surface area contributed by atoms with E-state index < -0.39 is 0 Å². The van der Waals surface area contributed by atoms with Crippen molar-refractivity contribution in [2.75, 3.05) is 25.5 Å². The van der Waals surface area contributed by atoms with E-state index in [1.54, 1.807) is 12.3 Å². The van der Waals surface area contributed by atoms with Gasteiger partial charge in [-0.15, -0.1) is 0 Å². The molecule has 0 radical (unpaired) electrons. The van der Waals surface area contributed by atoms with Gasteiger partial charge in [0.25, 0.3) is 5.91 Å². The molecule has 1 fully saturated rings. The molecule has 4 nitrogen and oxygen atoms in total. The molecule has 4 heteroatoms. The summed E-state index contributed by atoms with van der Waals surface area (Å²) >= 11 is 0. The molecule has 104 valence electrons. The van der Waals surface area contributed by atoms with E-state index in [1.807, 2.05) is 18.0 Å². The van der Waals surface area contributed by atoms with Crippen LogP contribution in [0.25, 0.3) is 0 Å². The third-order valence-electron chi connectivity index (χ3n) is 4.50. The first-order chi connectivity index (χ1) is 9.14. The Morgan fingerprint density at radius 2 is 2.16 bits per heavy atom. The summed E-state index contributed by atoms with van der Waals surface area (Å²) in [6.45, 7) is 6.17. The molecule has 1 aromatic rings. The molecule has 1 aliphatic rings. The van der Waals surface area contributed by atoms with Crippen LogP contribution in [0.1, 0.15) is 43.6 Å². The fourth-order valence-corrected chi connectivity index (χ4v) is 2.77. The van der Waals surface area contributed by atoms with Gasteiger partial charge in [0.15, 0.2) is 0 Å². The molecular weight excluding hydrogens is 238 g/mol. The molecule has 0 unspecified atom stereocenters. The minimum Gasteiger partial charge on any atom is -0.387 e. The van der Waals surface area contributed by atoms with Crippen LogP contribution in [0, 0.1) is 5.41 Å². The predicted molar refractivity (Wildman–Crippen MR) is 77.3 cm³/mol. The Morgan fingerprint density at radius 1 is 1.42 bits per heavy atom. The average molecular weight is 261 g/mol. The summed E-state index contributed by atoms with van der Waals surface area (Å²) in [5, 5.41) is 3.01. The lowest BCUT2D eigenvalue weighted by atomic mass is 9.82. The molecule has 0 spiro atoms.